The summed E-state index contributed by atoms with van der Waals surface area (Å²) in [5.41, 5.74) is 2.31. The molecule has 8 nitrogen and oxygen atoms in total. The number of rotatable bonds is 10. The lowest BCUT2D eigenvalue weighted by Crippen LogP contribution is -2.38. The maximum atomic E-state index is 12.8. The lowest BCUT2D eigenvalue weighted by atomic mass is 10.1. The first-order valence-electron chi connectivity index (χ1n) is 11.5. The van der Waals surface area contributed by atoms with Crippen LogP contribution in [0.25, 0.3) is 0 Å². The molecule has 0 radical (unpaired) electrons. The summed E-state index contributed by atoms with van der Waals surface area (Å²) in [6, 6.07) is 18.1. The van der Waals surface area contributed by atoms with Crippen molar-refractivity contribution in [1.29, 1.82) is 0 Å². The third-order valence-corrected chi connectivity index (χ3v) is 6.78. The Bertz CT molecular complexity index is 1050. The van der Waals surface area contributed by atoms with Crippen LogP contribution in [-0.4, -0.2) is 65.9 Å². The number of anilines is 1. The maximum absolute atomic E-state index is 12.8. The number of amides is 1. The van der Waals surface area contributed by atoms with E-state index in [-0.39, 0.29) is 11.2 Å². The van der Waals surface area contributed by atoms with Gasteiger partial charge in [0.2, 0.25) is 11.9 Å². The normalized spacial score (nSPS) is 14.6. The summed E-state index contributed by atoms with van der Waals surface area (Å²) in [4.78, 5) is 15.0. The van der Waals surface area contributed by atoms with Crippen molar-refractivity contribution in [3.05, 3.63) is 65.7 Å². The lowest BCUT2D eigenvalue weighted by molar-refractivity contribution is -0.120. The van der Waals surface area contributed by atoms with Gasteiger partial charge in [-0.05, 0) is 36.6 Å². The molecule has 1 unspecified atom stereocenters. The number of methoxy groups -OCH3 is 1. The van der Waals surface area contributed by atoms with Crippen LogP contribution in [-0.2, 0) is 22.5 Å². The number of ether oxygens (including phenoxy) is 2. The average Bonchev–Trinajstić information content (AvgIpc) is 3.27. The van der Waals surface area contributed by atoms with Crippen molar-refractivity contribution in [2.24, 2.45) is 0 Å². The van der Waals surface area contributed by atoms with E-state index in [1.165, 1.54) is 11.8 Å². The van der Waals surface area contributed by atoms with E-state index in [9.17, 15) is 4.79 Å². The molecule has 0 bridgehead atoms. The number of carbonyl (C=O) groups excluding carboxylic acids is 1. The fourth-order valence-corrected chi connectivity index (χ4v) is 4.62. The first kappa shape index (κ1) is 24.1. The third-order valence-electron chi connectivity index (χ3n) is 5.70. The molecule has 1 aromatic heterocycles. The number of nitrogens with zero attached hydrogens (tertiary/aromatic N) is 4. The molecule has 1 aliphatic rings. The van der Waals surface area contributed by atoms with Crippen LogP contribution in [0.1, 0.15) is 18.1 Å². The van der Waals surface area contributed by atoms with Gasteiger partial charge in [-0.1, -0.05) is 54.2 Å². The van der Waals surface area contributed by atoms with Crippen LogP contribution in [0.15, 0.2) is 59.8 Å². The average molecular weight is 482 g/mol. The minimum atomic E-state index is -0.299. The van der Waals surface area contributed by atoms with Gasteiger partial charge >= 0.3 is 0 Å². The van der Waals surface area contributed by atoms with Crippen molar-refractivity contribution < 1.29 is 14.3 Å². The van der Waals surface area contributed by atoms with E-state index in [0.29, 0.717) is 26.3 Å². The van der Waals surface area contributed by atoms with Crippen LogP contribution in [0, 0.1) is 0 Å². The number of hydrogen-bond donors (Lipinski definition) is 1. The van der Waals surface area contributed by atoms with E-state index in [2.05, 4.69) is 37.1 Å². The van der Waals surface area contributed by atoms with Gasteiger partial charge in [0.1, 0.15) is 5.75 Å². The Morgan fingerprint density at radius 2 is 1.82 bits per heavy atom. The predicted molar refractivity (Wildman–Crippen MR) is 134 cm³/mol. The number of aromatic nitrogens is 3. The van der Waals surface area contributed by atoms with E-state index in [4.69, 9.17) is 9.47 Å². The molecule has 3 aromatic rings. The van der Waals surface area contributed by atoms with Crippen LogP contribution in [0.3, 0.4) is 0 Å². The van der Waals surface area contributed by atoms with E-state index in [1.807, 2.05) is 49.4 Å². The van der Waals surface area contributed by atoms with Crippen molar-refractivity contribution in [2.45, 2.75) is 30.3 Å². The summed E-state index contributed by atoms with van der Waals surface area (Å²) in [6.07, 6.45) is 0.762. The first-order valence-corrected chi connectivity index (χ1v) is 12.4. The standard InChI is InChI=1S/C25H31N5O3S/c1-19(23(31)26-13-12-20-8-10-22(32-2)11-9-20)34-25-28-27-24(29-14-16-33-17-15-29)30(25)18-21-6-4-3-5-7-21/h3-11,19H,12-18H2,1-2H3,(H,26,31). The summed E-state index contributed by atoms with van der Waals surface area (Å²) in [5, 5.41) is 12.4. The van der Waals surface area contributed by atoms with E-state index in [0.717, 1.165) is 47.5 Å². The first-order chi connectivity index (χ1) is 16.6. The highest BCUT2D eigenvalue weighted by Crippen LogP contribution is 2.27. The monoisotopic (exact) mass is 481 g/mol. The second kappa shape index (κ2) is 11.9. The Hall–Kier alpha value is -3.04. The van der Waals surface area contributed by atoms with E-state index >= 15 is 0 Å². The fraction of sp³-hybridized carbons (Fsp3) is 0.400. The van der Waals surface area contributed by atoms with Gasteiger partial charge < -0.3 is 19.7 Å². The fourth-order valence-electron chi connectivity index (χ4n) is 3.75. The van der Waals surface area contributed by atoms with E-state index in [1.54, 1.807) is 7.11 Å². The predicted octanol–water partition coefficient (Wildman–Crippen LogP) is 3.01. The van der Waals surface area contributed by atoms with Gasteiger partial charge in [0.15, 0.2) is 5.16 Å². The van der Waals surface area contributed by atoms with Crippen molar-refractivity contribution in [1.82, 2.24) is 20.1 Å². The number of nitrogens with one attached hydrogen (secondary N) is 1. The van der Waals surface area contributed by atoms with Gasteiger partial charge in [-0.3, -0.25) is 9.36 Å². The SMILES string of the molecule is COc1ccc(CCNC(=O)C(C)Sc2nnc(N3CCOCC3)n2Cc2ccccc2)cc1. The van der Waals surface area contributed by atoms with Gasteiger partial charge in [-0.25, -0.2) is 0 Å². The van der Waals surface area contributed by atoms with Gasteiger partial charge in [0.05, 0.1) is 32.1 Å². The van der Waals surface area contributed by atoms with Gasteiger partial charge in [0, 0.05) is 19.6 Å². The Labute approximate surface area is 204 Å². The highest BCUT2D eigenvalue weighted by molar-refractivity contribution is 8.00. The zero-order valence-corrected chi connectivity index (χ0v) is 20.5. The minimum absolute atomic E-state index is 0.0132. The third kappa shape index (κ3) is 6.30. The molecule has 9 heteroatoms. The van der Waals surface area contributed by atoms with Gasteiger partial charge in [-0.2, -0.15) is 0 Å². The molecule has 1 fully saturated rings. The van der Waals surface area contributed by atoms with Crippen LogP contribution >= 0.6 is 11.8 Å². The Morgan fingerprint density at radius 1 is 1.09 bits per heavy atom. The Balaban J connectivity index is 1.39. The van der Waals surface area contributed by atoms with Gasteiger partial charge in [-0.15, -0.1) is 10.2 Å². The molecular formula is C25H31N5O3S. The van der Waals surface area contributed by atoms with Crippen molar-refractivity contribution in [2.75, 3.05) is 44.9 Å². The number of morpholine rings is 1. The second-order valence-corrected chi connectivity index (χ2v) is 9.41. The molecule has 1 N–H and O–H groups in total. The molecular weight excluding hydrogens is 450 g/mol. The lowest BCUT2D eigenvalue weighted by Gasteiger charge is -2.28. The van der Waals surface area contributed by atoms with Crippen LogP contribution < -0.4 is 15.0 Å². The van der Waals surface area contributed by atoms with Crippen molar-refractivity contribution in [3.8, 4) is 5.75 Å². The van der Waals surface area contributed by atoms with Crippen molar-refractivity contribution in [3.63, 3.8) is 0 Å². The van der Waals surface area contributed by atoms with E-state index < -0.39 is 0 Å². The Kier molecular flexibility index (Phi) is 8.43. The molecule has 2 aromatic carbocycles. The minimum Gasteiger partial charge on any atom is -0.497 e. The number of carbonyl (C=O) groups is 1. The number of benzene rings is 2. The quantitative estimate of drug-likeness (QED) is 0.446. The van der Waals surface area contributed by atoms with Crippen LogP contribution in [0.4, 0.5) is 5.95 Å². The molecule has 180 valence electrons. The van der Waals surface area contributed by atoms with Crippen LogP contribution in [0.2, 0.25) is 0 Å². The molecule has 4 rings (SSSR count). The molecule has 0 aliphatic carbocycles. The smallest absolute Gasteiger partial charge is 0.233 e. The molecule has 1 saturated heterocycles. The molecule has 34 heavy (non-hydrogen) atoms. The zero-order valence-electron chi connectivity index (χ0n) is 19.6. The molecule has 1 atom stereocenters. The molecule has 0 saturated carbocycles. The largest absolute Gasteiger partial charge is 0.497 e. The topological polar surface area (TPSA) is 81.5 Å². The summed E-state index contributed by atoms with van der Waals surface area (Å²) in [7, 11) is 1.65. The Morgan fingerprint density at radius 3 is 2.53 bits per heavy atom. The summed E-state index contributed by atoms with van der Waals surface area (Å²) in [6.45, 7) is 6.03. The highest BCUT2D eigenvalue weighted by Gasteiger charge is 2.24. The summed E-state index contributed by atoms with van der Waals surface area (Å²) >= 11 is 1.44. The van der Waals surface area contributed by atoms with Crippen LogP contribution in [0.5, 0.6) is 5.75 Å². The zero-order chi connectivity index (χ0) is 23.8. The molecule has 0 spiro atoms. The number of thioether (sulfide) groups is 1. The number of hydrogen-bond acceptors (Lipinski definition) is 7. The second-order valence-electron chi connectivity index (χ2n) is 8.10. The van der Waals surface area contributed by atoms with Gasteiger partial charge in [0.25, 0.3) is 0 Å². The molecule has 2 heterocycles. The van der Waals surface area contributed by atoms with Crippen molar-refractivity contribution >= 4 is 23.6 Å². The molecule has 1 amide bonds. The maximum Gasteiger partial charge on any atom is 0.233 e. The molecule has 1 aliphatic heterocycles. The summed E-state index contributed by atoms with van der Waals surface area (Å²) in [5.74, 6) is 1.64. The summed E-state index contributed by atoms with van der Waals surface area (Å²) < 4.78 is 12.8. The highest BCUT2D eigenvalue weighted by atomic mass is 32.2.